The summed E-state index contributed by atoms with van der Waals surface area (Å²) in [5.74, 6) is 0.726. The first-order valence-corrected chi connectivity index (χ1v) is 10.7. The standard InChI is InChI=1S/C24H30N4O4/c1-32-23-6-2-5-19(15-23)18-27(11-3-13-29)24(31)28(12-4-14-30)22-9-7-20(8-10-22)21-16-25-26-17-21/h2,5-10,15-17,29-30H,3-4,11-14,18H2,1H3,(H,25,26). The predicted molar refractivity (Wildman–Crippen MR) is 124 cm³/mol. The van der Waals surface area contributed by atoms with Crippen LogP contribution in [0.1, 0.15) is 18.4 Å². The van der Waals surface area contributed by atoms with Gasteiger partial charge in [-0.3, -0.25) is 10.00 Å². The van der Waals surface area contributed by atoms with Gasteiger partial charge in [0.25, 0.3) is 0 Å². The molecule has 1 heterocycles. The topological polar surface area (TPSA) is 102 Å². The van der Waals surface area contributed by atoms with Gasteiger partial charge in [0.2, 0.25) is 0 Å². The molecule has 0 atom stereocenters. The molecule has 2 amide bonds. The van der Waals surface area contributed by atoms with Gasteiger partial charge in [-0.25, -0.2) is 4.79 Å². The number of methoxy groups -OCH3 is 1. The summed E-state index contributed by atoms with van der Waals surface area (Å²) in [6, 6.07) is 15.1. The predicted octanol–water partition coefficient (Wildman–Crippen LogP) is 3.28. The van der Waals surface area contributed by atoms with Gasteiger partial charge in [-0.2, -0.15) is 5.10 Å². The van der Waals surface area contributed by atoms with Crippen molar-refractivity contribution in [1.29, 1.82) is 0 Å². The second-order valence-electron chi connectivity index (χ2n) is 7.40. The van der Waals surface area contributed by atoms with Crippen LogP contribution in [0.5, 0.6) is 5.75 Å². The Labute approximate surface area is 188 Å². The van der Waals surface area contributed by atoms with Crippen LogP contribution in [0.2, 0.25) is 0 Å². The molecule has 0 aliphatic heterocycles. The number of aromatic amines is 1. The van der Waals surface area contributed by atoms with Crippen molar-refractivity contribution in [3.05, 3.63) is 66.5 Å². The van der Waals surface area contributed by atoms with Crippen LogP contribution in [-0.4, -0.2) is 64.8 Å². The number of rotatable bonds is 11. The number of carbonyl (C=O) groups excluding carboxylic acids is 1. The fourth-order valence-electron chi connectivity index (χ4n) is 3.47. The number of nitrogens with one attached hydrogen (secondary N) is 1. The lowest BCUT2D eigenvalue weighted by molar-refractivity contribution is 0.191. The lowest BCUT2D eigenvalue weighted by Crippen LogP contribution is -2.44. The van der Waals surface area contributed by atoms with Crippen LogP contribution >= 0.6 is 0 Å². The van der Waals surface area contributed by atoms with Gasteiger partial charge in [0, 0.05) is 50.3 Å². The number of anilines is 1. The Morgan fingerprint density at radius 2 is 1.78 bits per heavy atom. The van der Waals surface area contributed by atoms with Crippen molar-refractivity contribution in [1.82, 2.24) is 15.1 Å². The van der Waals surface area contributed by atoms with E-state index in [4.69, 9.17) is 4.74 Å². The fraction of sp³-hybridized carbons (Fsp3) is 0.333. The molecule has 0 bridgehead atoms. The molecule has 3 rings (SSSR count). The van der Waals surface area contributed by atoms with Crippen LogP contribution < -0.4 is 9.64 Å². The van der Waals surface area contributed by atoms with E-state index in [1.165, 1.54) is 0 Å². The van der Waals surface area contributed by atoms with Crippen molar-refractivity contribution in [3.63, 3.8) is 0 Å². The largest absolute Gasteiger partial charge is 0.497 e. The van der Waals surface area contributed by atoms with Gasteiger partial charge >= 0.3 is 6.03 Å². The van der Waals surface area contributed by atoms with E-state index in [1.807, 2.05) is 54.7 Å². The highest BCUT2D eigenvalue weighted by Crippen LogP contribution is 2.24. The van der Waals surface area contributed by atoms with Crippen molar-refractivity contribution in [2.45, 2.75) is 19.4 Å². The minimum atomic E-state index is -0.175. The lowest BCUT2D eigenvalue weighted by Gasteiger charge is -2.31. The third-order valence-electron chi connectivity index (χ3n) is 5.15. The van der Waals surface area contributed by atoms with E-state index in [2.05, 4.69) is 10.2 Å². The molecule has 0 unspecified atom stereocenters. The van der Waals surface area contributed by atoms with Crippen LogP contribution in [-0.2, 0) is 6.54 Å². The highest BCUT2D eigenvalue weighted by Gasteiger charge is 2.22. The molecule has 0 fully saturated rings. The fourth-order valence-corrected chi connectivity index (χ4v) is 3.47. The SMILES string of the molecule is COc1cccc(CN(CCCO)C(=O)N(CCCO)c2ccc(-c3cn[nH]c3)cc2)c1. The molecule has 8 heteroatoms. The second kappa shape index (κ2) is 11.9. The van der Waals surface area contributed by atoms with E-state index in [9.17, 15) is 15.0 Å². The summed E-state index contributed by atoms with van der Waals surface area (Å²) >= 11 is 0. The molecule has 2 aromatic carbocycles. The zero-order valence-corrected chi connectivity index (χ0v) is 18.3. The summed E-state index contributed by atoms with van der Waals surface area (Å²) in [5.41, 5.74) is 3.64. The summed E-state index contributed by atoms with van der Waals surface area (Å²) in [4.78, 5) is 17.0. The third kappa shape index (κ3) is 6.09. The maximum atomic E-state index is 13.6. The molecule has 0 saturated heterocycles. The Kier molecular flexibility index (Phi) is 8.65. The van der Waals surface area contributed by atoms with Crippen LogP contribution in [0.3, 0.4) is 0 Å². The number of aliphatic hydroxyl groups excluding tert-OH is 2. The van der Waals surface area contributed by atoms with E-state index in [0.29, 0.717) is 32.5 Å². The number of ether oxygens (including phenoxy) is 1. The van der Waals surface area contributed by atoms with Crippen molar-refractivity contribution in [3.8, 4) is 16.9 Å². The molecule has 0 aliphatic rings. The average Bonchev–Trinajstić information content (AvgIpc) is 3.37. The van der Waals surface area contributed by atoms with Gasteiger partial charge in [-0.15, -0.1) is 0 Å². The number of aliphatic hydroxyl groups is 2. The van der Waals surface area contributed by atoms with Crippen molar-refractivity contribution in [2.24, 2.45) is 0 Å². The number of amides is 2. The average molecular weight is 439 g/mol. The summed E-state index contributed by atoms with van der Waals surface area (Å²) < 4.78 is 5.30. The normalized spacial score (nSPS) is 10.7. The van der Waals surface area contributed by atoms with Gasteiger partial charge in [0.1, 0.15) is 5.75 Å². The molecular weight excluding hydrogens is 408 g/mol. The molecule has 3 N–H and O–H groups in total. The van der Waals surface area contributed by atoms with Gasteiger partial charge in [-0.1, -0.05) is 24.3 Å². The first-order chi connectivity index (χ1) is 15.7. The number of aromatic nitrogens is 2. The zero-order valence-electron chi connectivity index (χ0n) is 18.3. The molecule has 32 heavy (non-hydrogen) atoms. The lowest BCUT2D eigenvalue weighted by atomic mass is 10.1. The number of urea groups is 1. The highest BCUT2D eigenvalue weighted by molar-refractivity contribution is 5.92. The van der Waals surface area contributed by atoms with E-state index in [-0.39, 0.29) is 19.2 Å². The number of hydrogen-bond acceptors (Lipinski definition) is 5. The Hall–Kier alpha value is -3.36. The molecule has 0 saturated carbocycles. The molecule has 0 aliphatic carbocycles. The van der Waals surface area contributed by atoms with Crippen molar-refractivity contribution in [2.75, 3.05) is 38.3 Å². The molecular formula is C24H30N4O4. The summed E-state index contributed by atoms with van der Waals surface area (Å²) in [7, 11) is 1.61. The van der Waals surface area contributed by atoms with E-state index < -0.39 is 0 Å². The smallest absolute Gasteiger partial charge is 0.324 e. The Balaban J connectivity index is 1.84. The summed E-state index contributed by atoms with van der Waals surface area (Å²) in [6.45, 7) is 1.17. The van der Waals surface area contributed by atoms with Gasteiger partial charge in [0.05, 0.1) is 13.3 Å². The van der Waals surface area contributed by atoms with Crippen LogP contribution in [0.25, 0.3) is 11.1 Å². The van der Waals surface area contributed by atoms with Crippen LogP contribution in [0.15, 0.2) is 60.9 Å². The van der Waals surface area contributed by atoms with Crippen molar-refractivity contribution >= 4 is 11.7 Å². The van der Waals surface area contributed by atoms with Crippen molar-refractivity contribution < 1.29 is 19.7 Å². The number of nitrogens with zero attached hydrogens (tertiary/aromatic N) is 3. The van der Waals surface area contributed by atoms with E-state index in [1.54, 1.807) is 23.1 Å². The zero-order chi connectivity index (χ0) is 22.8. The first kappa shape index (κ1) is 23.3. The number of benzene rings is 2. The van der Waals surface area contributed by atoms with E-state index in [0.717, 1.165) is 28.1 Å². The second-order valence-corrected chi connectivity index (χ2v) is 7.40. The van der Waals surface area contributed by atoms with Gasteiger partial charge in [-0.05, 0) is 48.2 Å². The maximum absolute atomic E-state index is 13.6. The summed E-state index contributed by atoms with van der Waals surface area (Å²) in [5, 5.41) is 25.5. The first-order valence-electron chi connectivity index (χ1n) is 10.7. The molecule has 1 aromatic heterocycles. The monoisotopic (exact) mass is 438 g/mol. The van der Waals surface area contributed by atoms with E-state index >= 15 is 0 Å². The highest BCUT2D eigenvalue weighted by atomic mass is 16.5. The van der Waals surface area contributed by atoms with Gasteiger partial charge < -0.3 is 19.8 Å². The third-order valence-corrected chi connectivity index (χ3v) is 5.15. The number of hydrogen-bond donors (Lipinski definition) is 3. The van der Waals surface area contributed by atoms with Crippen LogP contribution in [0.4, 0.5) is 10.5 Å². The number of H-pyrrole nitrogens is 1. The Morgan fingerprint density at radius 3 is 2.44 bits per heavy atom. The Bertz CT molecular complexity index is 960. The minimum Gasteiger partial charge on any atom is -0.497 e. The molecule has 170 valence electrons. The maximum Gasteiger partial charge on any atom is 0.324 e. The molecule has 3 aromatic rings. The molecule has 0 radical (unpaired) electrons. The van der Waals surface area contributed by atoms with Gasteiger partial charge in [0.15, 0.2) is 0 Å². The minimum absolute atomic E-state index is 0.00206. The number of carbonyl (C=O) groups is 1. The quantitative estimate of drug-likeness (QED) is 0.426. The van der Waals surface area contributed by atoms with Crippen LogP contribution in [0, 0.1) is 0 Å². The summed E-state index contributed by atoms with van der Waals surface area (Å²) in [6.07, 6.45) is 4.49. The molecule has 8 nitrogen and oxygen atoms in total. The Morgan fingerprint density at radius 1 is 1.03 bits per heavy atom. The molecule has 0 spiro atoms.